The smallest absolute Gasteiger partial charge is 0.228 e. The van der Waals surface area contributed by atoms with Crippen LogP contribution in [0.25, 0.3) is 0 Å². The Morgan fingerprint density at radius 1 is 1.29 bits per heavy atom. The van der Waals surface area contributed by atoms with Crippen molar-refractivity contribution in [3.8, 4) is 0 Å². The van der Waals surface area contributed by atoms with E-state index >= 15 is 0 Å². The third-order valence-electron chi connectivity index (χ3n) is 4.83. The second-order valence-electron chi connectivity index (χ2n) is 6.64. The minimum absolute atomic E-state index is 0.217. The van der Waals surface area contributed by atoms with E-state index < -0.39 is 0 Å². The third-order valence-corrected chi connectivity index (χ3v) is 4.83. The van der Waals surface area contributed by atoms with Gasteiger partial charge in [-0.2, -0.15) is 0 Å². The van der Waals surface area contributed by atoms with E-state index in [1.165, 1.54) is 5.56 Å². The highest BCUT2D eigenvalue weighted by molar-refractivity contribution is 5.83. The molecule has 2 atom stereocenters. The molecule has 2 unspecified atom stereocenters. The zero-order valence-corrected chi connectivity index (χ0v) is 13.5. The Kier molecular flexibility index (Phi) is 5.40. The lowest BCUT2D eigenvalue weighted by molar-refractivity contribution is -0.133. The number of hydrogen-bond donors (Lipinski definition) is 2. The molecule has 0 spiro atoms. The Morgan fingerprint density at radius 2 is 2.00 bits per heavy atom. The van der Waals surface area contributed by atoms with E-state index in [2.05, 4.69) is 55.7 Å². The monoisotopic (exact) mass is 288 g/mol. The van der Waals surface area contributed by atoms with Crippen LogP contribution in [0.2, 0.25) is 0 Å². The molecule has 1 heterocycles. The van der Waals surface area contributed by atoms with Gasteiger partial charge in [0, 0.05) is 12.6 Å². The van der Waals surface area contributed by atoms with Crippen molar-refractivity contribution >= 4 is 5.91 Å². The SMILES string of the molecule is CC(CCc1ccccc1)NC(=O)C1(C(C)C)CCNC1. The first-order chi connectivity index (χ1) is 10.0. The van der Waals surface area contributed by atoms with Gasteiger partial charge < -0.3 is 10.6 Å². The van der Waals surface area contributed by atoms with E-state index in [1.54, 1.807) is 0 Å². The third kappa shape index (κ3) is 3.85. The summed E-state index contributed by atoms with van der Waals surface area (Å²) < 4.78 is 0. The molecule has 0 radical (unpaired) electrons. The van der Waals surface area contributed by atoms with Crippen molar-refractivity contribution in [3.63, 3.8) is 0 Å². The topological polar surface area (TPSA) is 41.1 Å². The molecule has 21 heavy (non-hydrogen) atoms. The lowest BCUT2D eigenvalue weighted by Crippen LogP contribution is -2.48. The number of rotatable bonds is 6. The molecule has 1 fully saturated rings. The molecule has 0 aliphatic carbocycles. The Hall–Kier alpha value is -1.35. The number of amides is 1. The van der Waals surface area contributed by atoms with Gasteiger partial charge in [-0.3, -0.25) is 4.79 Å². The molecule has 1 aliphatic heterocycles. The molecule has 1 saturated heterocycles. The molecule has 0 bridgehead atoms. The molecule has 116 valence electrons. The predicted octanol–water partition coefficient (Wildman–Crippen LogP) is 2.76. The molecular formula is C18H28N2O. The second-order valence-corrected chi connectivity index (χ2v) is 6.64. The van der Waals surface area contributed by atoms with Gasteiger partial charge in [0.2, 0.25) is 5.91 Å². The van der Waals surface area contributed by atoms with E-state index in [1.807, 2.05) is 6.07 Å². The van der Waals surface area contributed by atoms with Gasteiger partial charge in [0.1, 0.15) is 0 Å². The maximum absolute atomic E-state index is 12.7. The van der Waals surface area contributed by atoms with Crippen molar-refractivity contribution in [2.24, 2.45) is 11.3 Å². The van der Waals surface area contributed by atoms with Crippen LogP contribution in [-0.4, -0.2) is 25.0 Å². The summed E-state index contributed by atoms with van der Waals surface area (Å²) >= 11 is 0. The molecule has 0 aromatic heterocycles. The van der Waals surface area contributed by atoms with Crippen molar-refractivity contribution in [2.75, 3.05) is 13.1 Å². The van der Waals surface area contributed by atoms with Crippen LogP contribution in [0.15, 0.2) is 30.3 Å². The summed E-state index contributed by atoms with van der Waals surface area (Å²) in [4.78, 5) is 12.7. The number of aryl methyl sites for hydroxylation is 1. The highest BCUT2D eigenvalue weighted by Crippen LogP contribution is 2.34. The largest absolute Gasteiger partial charge is 0.353 e. The summed E-state index contributed by atoms with van der Waals surface area (Å²) in [6, 6.07) is 10.7. The van der Waals surface area contributed by atoms with Crippen LogP contribution < -0.4 is 10.6 Å². The molecule has 1 amide bonds. The molecule has 3 nitrogen and oxygen atoms in total. The summed E-state index contributed by atoms with van der Waals surface area (Å²) in [6.07, 6.45) is 2.94. The Balaban J connectivity index is 1.87. The van der Waals surface area contributed by atoms with Crippen LogP contribution in [0.1, 0.15) is 39.2 Å². The van der Waals surface area contributed by atoms with Crippen LogP contribution in [-0.2, 0) is 11.2 Å². The van der Waals surface area contributed by atoms with Gasteiger partial charge in [0.05, 0.1) is 5.41 Å². The van der Waals surface area contributed by atoms with Gasteiger partial charge in [-0.05, 0) is 44.2 Å². The highest BCUT2D eigenvalue weighted by atomic mass is 16.2. The molecule has 2 rings (SSSR count). The van der Waals surface area contributed by atoms with Crippen molar-refractivity contribution in [1.82, 2.24) is 10.6 Å². The highest BCUT2D eigenvalue weighted by Gasteiger charge is 2.43. The summed E-state index contributed by atoms with van der Waals surface area (Å²) in [5, 5.41) is 6.58. The van der Waals surface area contributed by atoms with E-state index in [4.69, 9.17) is 0 Å². The maximum Gasteiger partial charge on any atom is 0.228 e. The first kappa shape index (κ1) is 16.0. The summed E-state index contributed by atoms with van der Waals surface area (Å²) in [7, 11) is 0. The average Bonchev–Trinajstić information content (AvgIpc) is 2.97. The summed E-state index contributed by atoms with van der Waals surface area (Å²) in [5.74, 6) is 0.594. The van der Waals surface area contributed by atoms with Gasteiger partial charge in [-0.15, -0.1) is 0 Å². The van der Waals surface area contributed by atoms with Gasteiger partial charge in [0.25, 0.3) is 0 Å². The molecule has 3 heteroatoms. The molecule has 1 aliphatic rings. The minimum atomic E-state index is -0.221. The Morgan fingerprint density at radius 3 is 2.57 bits per heavy atom. The lowest BCUT2D eigenvalue weighted by atomic mass is 9.75. The van der Waals surface area contributed by atoms with Crippen LogP contribution in [0.5, 0.6) is 0 Å². The number of carbonyl (C=O) groups excluding carboxylic acids is 1. The minimum Gasteiger partial charge on any atom is -0.353 e. The number of hydrogen-bond acceptors (Lipinski definition) is 2. The van der Waals surface area contributed by atoms with E-state index in [9.17, 15) is 4.79 Å². The number of benzene rings is 1. The maximum atomic E-state index is 12.7. The number of nitrogens with one attached hydrogen (secondary N) is 2. The molecule has 2 N–H and O–H groups in total. The van der Waals surface area contributed by atoms with Crippen molar-refractivity contribution in [1.29, 1.82) is 0 Å². The van der Waals surface area contributed by atoms with Crippen LogP contribution in [0, 0.1) is 11.3 Å². The van der Waals surface area contributed by atoms with E-state index in [0.29, 0.717) is 5.92 Å². The van der Waals surface area contributed by atoms with Gasteiger partial charge in [-0.1, -0.05) is 44.2 Å². The van der Waals surface area contributed by atoms with Gasteiger partial charge in [0.15, 0.2) is 0 Å². The quantitative estimate of drug-likeness (QED) is 0.845. The first-order valence-corrected chi connectivity index (χ1v) is 8.10. The fourth-order valence-electron chi connectivity index (χ4n) is 3.13. The predicted molar refractivity (Wildman–Crippen MR) is 87.1 cm³/mol. The zero-order chi connectivity index (χ0) is 15.3. The van der Waals surface area contributed by atoms with Crippen molar-refractivity contribution in [3.05, 3.63) is 35.9 Å². The molecule has 1 aromatic carbocycles. The fraction of sp³-hybridized carbons (Fsp3) is 0.611. The van der Waals surface area contributed by atoms with Crippen molar-refractivity contribution < 1.29 is 4.79 Å². The zero-order valence-electron chi connectivity index (χ0n) is 13.5. The molecule has 0 saturated carbocycles. The standard InChI is InChI=1S/C18H28N2O/c1-14(2)18(11-12-19-13-18)17(21)20-15(3)9-10-16-7-5-4-6-8-16/h4-8,14-15,19H,9-13H2,1-3H3,(H,20,21). The average molecular weight is 288 g/mol. The Bertz CT molecular complexity index is 450. The van der Waals surface area contributed by atoms with Gasteiger partial charge in [-0.25, -0.2) is 0 Å². The van der Waals surface area contributed by atoms with Crippen LogP contribution in [0.4, 0.5) is 0 Å². The van der Waals surface area contributed by atoms with Crippen molar-refractivity contribution in [2.45, 2.75) is 46.1 Å². The second kappa shape index (κ2) is 7.08. The lowest BCUT2D eigenvalue weighted by Gasteiger charge is -2.32. The molecule has 1 aromatic rings. The van der Waals surface area contributed by atoms with Gasteiger partial charge >= 0.3 is 0 Å². The first-order valence-electron chi connectivity index (χ1n) is 8.10. The van der Waals surface area contributed by atoms with Crippen LogP contribution in [0.3, 0.4) is 0 Å². The fourth-order valence-corrected chi connectivity index (χ4v) is 3.13. The Labute approximate surface area is 128 Å². The number of carbonyl (C=O) groups is 1. The summed E-state index contributed by atoms with van der Waals surface area (Å²) in [5.41, 5.74) is 1.11. The van der Waals surface area contributed by atoms with E-state index in [-0.39, 0.29) is 17.4 Å². The van der Waals surface area contributed by atoms with Crippen LogP contribution >= 0.6 is 0 Å². The van der Waals surface area contributed by atoms with E-state index in [0.717, 1.165) is 32.4 Å². The molecular weight excluding hydrogens is 260 g/mol. The summed E-state index contributed by atoms with van der Waals surface area (Å²) in [6.45, 7) is 8.17. The normalized spacial score (nSPS) is 23.2.